The highest BCUT2D eigenvalue weighted by atomic mass is 16.3. The highest BCUT2D eigenvalue weighted by molar-refractivity contribution is 5.96. The summed E-state index contributed by atoms with van der Waals surface area (Å²) < 4.78 is 0. The van der Waals surface area contributed by atoms with E-state index in [-0.39, 0.29) is 5.91 Å². The van der Waals surface area contributed by atoms with E-state index in [4.69, 9.17) is 0 Å². The molecule has 0 radical (unpaired) electrons. The second-order valence-corrected chi connectivity index (χ2v) is 7.71. The van der Waals surface area contributed by atoms with Gasteiger partial charge in [-0.1, -0.05) is 60.2 Å². The number of hydrogen-bond acceptors (Lipinski definition) is 4. The van der Waals surface area contributed by atoms with Crippen molar-refractivity contribution in [2.75, 3.05) is 0 Å². The van der Waals surface area contributed by atoms with Gasteiger partial charge in [-0.25, -0.2) is 0 Å². The van der Waals surface area contributed by atoms with Crippen LogP contribution < -0.4 is 0 Å². The Kier molecular flexibility index (Phi) is 6.68. The monoisotopic (exact) mass is 423 g/mol. The lowest BCUT2D eigenvalue weighted by Gasteiger charge is -2.25. The van der Waals surface area contributed by atoms with E-state index >= 15 is 0 Å². The molecule has 1 amide bonds. The summed E-state index contributed by atoms with van der Waals surface area (Å²) in [5.74, 6) is -0.171. The molecular weight excluding hydrogens is 398 g/mol. The number of aliphatic hydroxyl groups is 1. The largest absolute Gasteiger partial charge is 0.384 e. The zero-order valence-corrected chi connectivity index (χ0v) is 17.9. The van der Waals surface area contributed by atoms with Crippen LogP contribution in [0.15, 0.2) is 97.3 Å². The number of hydrogen-bond donors (Lipinski definition) is 1. The van der Waals surface area contributed by atoms with Crippen LogP contribution in [0.1, 0.15) is 44.5 Å². The first kappa shape index (κ1) is 21.4. The van der Waals surface area contributed by atoms with Gasteiger partial charge < -0.3 is 10.0 Å². The summed E-state index contributed by atoms with van der Waals surface area (Å²) in [5, 5.41) is 11.1. The van der Waals surface area contributed by atoms with Crippen LogP contribution in [-0.2, 0) is 13.1 Å². The van der Waals surface area contributed by atoms with Crippen LogP contribution in [0.5, 0.6) is 0 Å². The van der Waals surface area contributed by atoms with Gasteiger partial charge in [0.05, 0.1) is 24.5 Å². The lowest BCUT2D eigenvalue weighted by atomic mass is 9.94. The van der Waals surface area contributed by atoms with E-state index in [1.165, 1.54) is 0 Å². The third kappa shape index (κ3) is 5.07. The number of benzene rings is 2. The molecule has 32 heavy (non-hydrogen) atoms. The van der Waals surface area contributed by atoms with Crippen LogP contribution in [0.4, 0.5) is 0 Å². The fourth-order valence-electron chi connectivity index (χ4n) is 3.65. The Morgan fingerprint density at radius 1 is 0.844 bits per heavy atom. The van der Waals surface area contributed by atoms with E-state index in [1.54, 1.807) is 17.3 Å². The normalized spacial score (nSPS) is 11.7. The number of amides is 1. The number of aromatic nitrogens is 2. The number of aliphatic hydroxyl groups excluding tert-OH is 1. The van der Waals surface area contributed by atoms with E-state index in [0.29, 0.717) is 24.2 Å². The van der Waals surface area contributed by atoms with E-state index in [0.717, 1.165) is 22.5 Å². The van der Waals surface area contributed by atoms with Crippen LogP contribution in [0.2, 0.25) is 0 Å². The van der Waals surface area contributed by atoms with Gasteiger partial charge in [-0.05, 0) is 48.4 Å². The second-order valence-electron chi connectivity index (χ2n) is 7.71. The minimum absolute atomic E-state index is 0.171. The molecule has 2 heterocycles. The average molecular weight is 424 g/mol. The maximum atomic E-state index is 13.8. The molecular formula is C27H25N3O2. The molecule has 1 N–H and O–H groups in total. The fraction of sp³-hybridized carbons (Fsp3) is 0.148. The number of carbonyl (C=O) groups excluding carboxylic acids is 1. The van der Waals surface area contributed by atoms with Gasteiger partial charge in [-0.15, -0.1) is 0 Å². The van der Waals surface area contributed by atoms with Crippen molar-refractivity contribution in [3.05, 3.63) is 131 Å². The van der Waals surface area contributed by atoms with Gasteiger partial charge in [-0.2, -0.15) is 0 Å². The number of rotatable bonds is 7. The zero-order chi connectivity index (χ0) is 22.3. The molecule has 2 aromatic carbocycles. The number of carbonyl (C=O) groups is 1. The lowest BCUT2D eigenvalue weighted by molar-refractivity contribution is 0.0720. The van der Waals surface area contributed by atoms with E-state index in [9.17, 15) is 9.90 Å². The third-order valence-electron chi connectivity index (χ3n) is 5.29. The highest BCUT2D eigenvalue weighted by Crippen LogP contribution is 2.27. The second kappa shape index (κ2) is 9.98. The summed E-state index contributed by atoms with van der Waals surface area (Å²) in [5.41, 5.74) is 4.33. The van der Waals surface area contributed by atoms with Crippen molar-refractivity contribution in [1.82, 2.24) is 14.9 Å². The molecule has 0 saturated carbocycles. The Balaban J connectivity index is 1.72. The van der Waals surface area contributed by atoms with Crippen LogP contribution in [0.25, 0.3) is 0 Å². The van der Waals surface area contributed by atoms with Crippen LogP contribution in [0.3, 0.4) is 0 Å². The van der Waals surface area contributed by atoms with E-state index in [1.807, 2.05) is 91.9 Å². The number of aryl methyl sites for hydroxylation is 1. The number of nitrogens with zero attached hydrogens (tertiary/aromatic N) is 3. The first-order valence-electron chi connectivity index (χ1n) is 10.5. The molecule has 0 fully saturated rings. The maximum absolute atomic E-state index is 13.8. The minimum atomic E-state index is -0.901. The lowest BCUT2D eigenvalue weighted by Crippen LogP contribution is -2.32. The van der Waals surface area contributed by atoms with Crippen LogP contribution in [0, 0.1) is 6.92 Å². The summed E-state index contributed by atoms with van der Waals surface area (Å²) in [4.78, 5) is 24.3. The molecule has 0 bridgehead atoms. The van der Waals surface area contributed by atoms with Gasteiger partial charge in [0.15, 0.2) is 0 Å². The molecule has 5 heteroatoms. The minimum Gasteiger partial charge on any atom is -0.384 e. The van der Waals surface area contributed by atoms with Crippen molar-refractivity contribution in [3.63, 3.8) is 0 Å². The summed E-state index contributed by atoms with van der Waals surface area (Å²) in [6.07, 6.45) is 2.54. The molecule has 0 aliphatic carbocycles. The predicted molar refractivity (Wildman–Crippen MR) is 124 cm³/mol. The molecule has 2 aromatic heterocycles. The van der Waals surface area contributed by atoms with Crippen LogP contribution >= 0.6 is 0 Å². The van der Waals surface area contributed by atoms with Gasteiger partial charge in [0, 0.05) is 18.0 Å². The zero-order valence-electron chi connectivity index (χ0n) is 17.9. The Morgan fingerprint density at radius 2 is 1.44 bits per heavy atom. The smallest absolute Gasteiger partial charge is 0.254 e. The molecule has 160 valence electrons. The van der Waals surface area contributed by atoms with Crippen molar-refractivity contribution in [3.8, 4) is 0 Å². The molecule has 0 aliphatic heterocycles. The molecule has 4 aromatic rings. The first-order valence-corrected chi connectivity index (χ1v) is 10.5. The summed E-state index contributed by atoms with van der Waals surface area (Å²) in [7, 11) is 0. The summed E-state index contributed by atoms with van der Waals surface area (Å²) in [6.45, 7) is 2.62. The molecule has 0 aliphatic rings. The molecule has 1 atom stereocenters. The average Bonchev–Trinajstić information content (AvgIpc) is 2.84. The quantitative estimate of drug-likeness (QED) is 0.468. The summed E-state index contributed by atoms with van der Waals surface area (Å²) in [6, 6.07) is 26.3. The van der Waals surface area contributed by atoms with Crippen molar-refractivity contribution in [1.29, 1.82) is 0 Å². The van der Waals surface area contributed by atoms with Crippen molar-refractivity contribution in [2.45, 2.75) is 26.1 Å². The van der Waals surface area contributed by atoms with Crippen LogP contribution in [-0.4, -0.2) is 25.9 Å². The standard InChI is InChI=1S/C27H25N3O2/c1-20-13-14-24(26(31)21-9-3-2-4-10-21)25(17-20)27(32)30(18-22-11-5-7-15-28-22)19-23-12-6-8-16-29-23/h2-17,26,31H,18-19H2,1H3. The van der Waals surface area contributed by atoms with Gasteiger partial charge in [0.2, 0.25) is 0 Å². The topological polar surface area (TPSA) is 66.3 Å². The van der Waals surface area contributed by atoms with E-state index < -0.39 is 6.10 Å². The van der Waals surface area contributed by atoms with Crippen molar-refractivity contribution < 1.29 is 9.90 Å². The third-order valence-corrected chi connectivity index (χ3v) is 5.29. The Bertz CT molecular complexity index is 1120. The SMILES string of the molecule is Cc1ccc(C(O)c2ccccc2)c(C(=O)N(Cc2ccccn2)Cc2ccccn2)c1. The fourth-order valence-corrected chi connectivity index (χ4v) is 3.65. The predicted octanol–water partition coefficient (Wildman–Crippen LogP) is 4.71. The van der Waals surface area contributed by atoms with Gasteiger partial charge in [0.25, 0.3) is 5.91 Å². The van der Waals surface area contributed by atoms with E-state index in [2.05, 4.69) is 9.97 Å². The van der Waals surface area contributed by atoms with Gasteiger partial charge in [-0.3, -0.25) is 14.8 Å². The molecule has 0 saturated heterocycles. The molecule has 5 nitrogen and oxygen atoms in total. The van der Waals surface area contributed by atoms with Crippen molar-refractivity contribution in [2.24, 2.45) is 0 Å². The van der Waals surface area contributed by atoms with Gasteiger partial charge in [0.1, 0.15) is 6.10 Å². The Labute approximate surface area is 188 Å². The summed E-state index contributed by atoms with van der Waals surface area (Å²) >= 11 is 0. The highest BCUT2D eigenvalue weighted by Gasteiger charge is 2.24. The number of pyridine rings is 2. The molecule has 0 spiro atoms. The maximum Gasteiger partial charge on any atom is 0.254 e. The Morgan fingerprint density at radius 3 is 2.00 bits per heavy atom. The Hall–Kier alpha value is -3.83. The van der Waals surface area contributed by atoms with Gasteiger partial charge >= 0.3 is 0 Å². The molecule has 1 unspecified atom stereocenters. The first-order chi connectivity index (χ1) is 15.6. The van der Waals surface area contributed by atoms with Crippen molar-refractivity contribution >= 4 is 5.91 Å². The molecule has 4 rings (SSSR count).